The van der Waals surface area contributed by atoms with Crippen LogP contribution in [0.2, 0.25) is 0 Å². The lowest BCUT2D eigenvalue weighted by Gasteiger charge is -2.49. The normalized spacial score (nSPS) is 37.7. The van der Waals surface area contributed by atoms with Gasteiger partial charge < -0.3 is 0 Å². The van der Waals surface area contributed by atoms with Gasteiger partial charge in [0.1, 0.15) is 0 Å². The van der Waals surface area contributed by atoms with Crippen LogP contribution in [0.15, 0.2) is 24.4 Å². The zero-order chi connectivity index (χ0) is 24.1. The second kappa shape index (κ2) is 7.69. The Balaban J connectivity index is 1.46. The summed E-state index contributed by atoms with van der Waals surface area (Å²) in [6, 6.07) is 8.19. The van der Waals surface area contributed by atoms with E-state index >= 15 is 0 Å². The van der Waals surface area contributed by atoms with E-state index in [1.165, 1.54) is 76.3 Å². The number of fused-ring (bicyclic) bond motifs is 10. The summed E-state index contributed by atoms with van der Waals surface area (Å²) < 4.78 is 2.79. The van der Waals surface area contributed by atoms with Gasteiger partial charge in [-0.3, -0.25) is 0 Å². The van der Waals surface area contributed by atoms with Gasteiger partial charge in [-0.2, -0.15) is 4.57 Å². The number of aromatic nitrogens is 1. The second-order valence-corrected chi connectivity index (χ2v) is 13.5. The lowest BCUT2D eigenvalue weighted by atomic mass is 9.56. The maximum Gasteiger partial charge on any atom is 0.213 e. The zero-order valence-corrected chi connectivity index (χ0v) is 22.9. The fourth-order valence-corrected chi connectivity index (χ4v) is 9.85. The minimum absolute atomic E-state index is 0.118. The number of hydrogen-bond donors (Lipinski definition) is 0. The first-order valence-corrected chi connectivity index (χ1v) is 15.2. The van der Waals surface area contributed by atoms with Crippen LogP contribution in [0.25, 0.3) is 11.3 Å². The van der Waals surface area contributed by atoms with Crippen molar-refractivity contribution in [3.05, 3.63) is 52.2 Å². The molecule has 2 saturated carbocycles. The molecule has 1 aromatic carbocycles. The van der Waals surface area contributed by atoms with Crippen molar-refractivity contribution < 1.29 is 4.57 Å². The average Bonchev–Trinajstić information content (AvgIpc) is 3.52. The van der Waals surface area contributed by atoms with Crippen LogP contribution in [0.4, 0.5) is 0 Å². The number of benzene rings is 1. The maximum atomic E-state index is 2.79. The molecule has 1 nitrogen and oxygen atoms in total. The third-order valence-corrected chi connectivity index (χ3v) is 12.4. The summed E-state index contributed by atoms with van der Waals surface area (Å²) in [4.78, 5) is 0. The highest BCUT2D eigenvalue weighted by molar-refractivity contribution is 5.70. The fourth-order valence-electron chi connectivity index (χ4n) is 9.85. The van der Waals surface area contributed by atoms with Crippen molar-refractivity contribution in [3.63, 3.8) is 0 Å². The van der Waals surface area contributed by atoms with E-state index in [-0.39, 0.29) is 11.0 Å². The molecule has 0 radical (unpaired) electrons. The molecule has 6 aliphatic rings. The van der Waals surface area contributed by atoms with E-state index in [1.807, 2.05) is 0 Å². The molecule has 8 rings (SSSR count). The van der Waals surface area contributed by atoms with Gasteiger partial charge in [-0.25, -0.2) is 0 Å². The Morgan fingerprint density at radius 1 is 0.800 bits per heavy atom. The Kier molecular flexibility index (Phi) is 4.96. The van der Waals surface area contributed by atoms with E-state index in [0.717, 1.165) is 29.6 Å². The summed E-state index contributed by atoms with van der Waals surface area (Å²) in [7, 11) is 0. The molecule has 7 unspecified atom stereocenters. The highest BCUT2D eigenvalue weighted by atomic mass is 15.1. The molecule has 1 aliphatic heterocycles. The monoisotopic (exact) mass is 468 g/mol. The Morgan fingerprint density at radius 2 is 1.51 bits per heavy atom. The van der Waals surface area contributed by atoms with Crippen LogP contribution < -0.4 is 4.57 Å². The Labute approximate surface area is 213 Å². The third kappa shape index (κ3) is 2.79. The summed E-state index contributed by atoms with van der Waals surface area (Å²) in [5, 5.41) is 0. The van der Waals surface area contributed by atoms with Crippen LogP contribution in [0, 0.1) is 5.92 Å². The van der Waals surface area contributed by atoms with Gasteiger partial charge in [0.15, 0.2) is 11.7 Å². The lowest BCUT2D eigenvalue weighted by molar-refractivity contribution is -0.765. The van der Waals surface area contributed by atoms with E-state index < -0.39 is 0 Å². The van der Waals surface area contributed by atoms with E-state index in [0.29, 0.717) is 0 Å². The van der Waals surface area contributed by atoms with Crippen molar-refractivity contribution in [1.29, 1.82) is 0 Å². The van der Waals surface area contributed by atoms with Crippen molar-refractivity contribution >= 4 is 0 Å². The van der Waals surface area contributed by atoms with Gasteiger partial charge in [0.2, 0.25) is 5.69 Å². The van der Waals surface area contributed by atoms with Gasteiger partial charge >= 0.3 is 0 Å². The molecule has 0 N–H and O–H groups in total. The standard InChI is InChI=1S/C34H46N/c1-6-9-10-21-15-23-13-14-25(21)28-17-29-31(18-26(23)28)33(4,7-2)34(5,8-3)35-20-30-24-12-11-22(16-24)27(30)19-32(29)35/h17-25H,6-16H2,1-5H3/q+1. The topological polar surface area (TPSA) is 3.88 Å². The smallest absolute Gasteiger partial charge is 0.192 e. The minimum atomic E-state index is 0.118. The van der Waals surface area contributed by atoms with E-state index in [2.05, 4.69) is 63.6 Å². The Bertz CT molecular complexity index is 1190. The summed E-state index contributed by atoms with van der Waals surface area (Å²) in [6.07, 6.45) is 17.8. The predicted octanol–water partition coefficient (Wildman–Crippen LogP) is 8.98. The van der Waals surface area contributed by atoms with Gasteiger partial charge in [0.05, 0.1) is 11.0 Å². The van der Waals surface area contributed by atoms with Gasteiger partial charge in [-0.05, 0) is 116 Å². The molecule has 7 atom stereocenters. The number of hydrogen-bond acceptors (Lipinski definition) is 0. The second-order valence-electron chi connectivity index (χ2n) is 13.5. The highest BCUT2D eigenvalue weighted by Gasteiger charge is 2.58. The SMILES string of the molecule is CCCCC1CC2CCC1c1cc3c(cc12)C(C)(CC)C(C)(CC)[n+]1cc2c(cc1-3)C1CCC2C1. The van der Waals surface area contributed by atoms with Crippen LogP contribution >= 0.6 is 0 Å². The van der Waals surface area contributed by atoms with Gasteiger partial charge in [-0.15, -0.1) is 0 Å². The molecule has 1 aromatic heterocycles. The quantitative estimate of drug-likeness (QED) is 0.385. The first kappa shape index (κ1) is 22.6. The largest absolute Gasteiger partial charge is 0.213 e. The Morgan fingerprint density at radius 3 is 2.26 bits per heavy atom. The number of nitrogens with zero attached hydrogens (tertiary/aromatic N) is 1. The van der Waals surface area contributed by atoms with Gasteiger partial charge in [0, 0.05) is 25.0 Å². The molecule has 0 saturated heterocycles. The van der Waals surface area contributed by atoms with Crippen molar-refractivity contribution in [2.75, 3.05) is 0 Å². The first-order chi connectivity index (χ1) is 16.9. The number of pyridine rings is 1. The molecule has 35 heavy (non-hydrogen) atoms. The maximum absolute atomic E-state index is 2.79. The van der Waals surface area contributed by atoms with E-state index in [1.54, 1.807) is 33.4 Å². The van der Waals surface area contributed by atoms with Crippen LogP contribution in [0.5, 0.6) is 0 Å². The number of unbranched alkanes of at least 4 members (excludes halogenated alkanes) is 1. The molecule has 0 amide bonds. The summed E-state index contributed by atoms with van der Waals surface area (Å²) in [5.41, 5.74) is 12.0. The molecule has 186 valence electrons. The van der Waals surface area contributed by atoms with Crippen molar-refractivity contribution in [1.82, 2.24) is 0 Å². The number of rotatable bonds is 5. The third-order valence-electron chi connectivity index (χ3n) is 12.4. The first-order valence-electron chi connectivity index (χ1n) is 15.2. The summed E-state index contributed by atoms with van der Waals surface area (Å²) in [6.45, 7) is 12.4. The van der Waals surface area contributed by atoms with Crippen LogP contribution in [-0.2, 0) is 11.0 Å². The lowest BCUT2D eigenvalue weighted by Crippen LogP contribution is -2.67. The van der Waals surface area contributed by atoms with Crippen LogP contribution in [-0.4, -0.2) is 0 Å². The summed E-state index contributed by atoms with van der Waals surface area (Å²) >= 11 is 0. The molecule has 5 aliphatic carbocycles. The predicted molar refractivity (Wildman–Crippen MR) is 145 cm³/mol. The summed E-state index contributed by atoms with van der Waals surface area (Å²) in [5.74, 6) is 4.17. The van der Waals surface area contributed by atoms with Crippen molar-refractivity contribution in [2.24, 2.45) is 5.92 Å². The molecule has 2 aromatic rings. The molecule has 0 spiro atoms. The van der Waals surface area contributed by atoms with Crippen molar-refractivity contribution in [3.8, 4) is 11.3 Å². The Hall–Kier alpha value is -1.63. The fraction of sp³-hybridized carbons (Fsp3) is 0.676. The molecule has 2 fully saturated rings. The molecule has 2 heterocycles. The average molecular weight is 469 g/mol. The molecular weight excluding hydrogens is 422 g/mol. The van der Waals surface area contributed by atoms with Crippen LogP contribution in [0.1, 0.15) is 157 Å². The van der Waals surface area contributed by atoms with Crippen LogP contribution in [0.3, 0.4) is 0 Å². The van der Waals surface area contributed by atoms with Gasteiger partial charge in [0.25, 0.3) is 0 Å². The minimum Gasteiger partial charge on any atom is -0.192 e. The molecule has 4 bridgehead atoms. The zero-order valence-electron chi connectivity index (χ0n) is 22.9. The van der Waals surface area contributed by atoms with E-state index in [9.17, 15) is 0 Å². The van der Waals surface area contributed by atoms with Crippen molar-refractivity contribution in [2.45, 2.75) is 140 Å². The van der Waals surface area contributed by atoms with E-state index in [4.69, 9.17) is 0 Å². The van der Waals surface area contributed by atoms with Gasteiger partial charge in [-0.1, -0.05) is 39.7 Å². The molecule has 1 heteroatoms. The highest BCUT2D eigenvalue weighted by Crippen LogP contribution is 2.59. The molecular formula is C34H46N+.